The molecule has 1 rings (SSSR count). The first-order chi connectivity index (χ1) is 8.24. The van der Waals surface area contributed by atoms with Crippen LogP contribution in [0.25, 0.3) is 0 Å². The number of pyridine rings is 1. The Morgan fingerprint density at radius 1 is 1.47 bits per heavy atom. The van der Waals surface area contributed by atoms with Gasteiger partial charge in [0, 0.05) is 18.4 Å². The number of unbranched alkanes of at least 4 members (excludes halogenated alkanes) is 2. The van der Waals surface area contributed by atoms with Crippen LogP contribution in [0.15, 0.2) is 18.3 Å². The number of amides is 1. The van der Waals surface area contributed by atoms with Crippen LogP contribution in [0.2, 0.25) is 0 Å². The van der Waals surface area contributed by atoms with Gasteiger partial charge in [-0.2, -0.15) is 11.8 Å². The molecule has 1 heterocycles. The van der Waals surface area contributed by atoms with E-state index < -0.39 is 0 Å². The third kappa shape index (κ3) is 5.58. The first-order valence-corrected chi connectivity index (χ1v) is 7.12. The van der Waals surface area contributed by atoms with Crippen LogP contribution in [0, 0.1) is 0 Å². The number of carbonyl (C=O) groups is 1. The van der Waals surface area contributed by atoms with Crippen molar-refractivity contribution in [2.45, 2.75) is 19.3 Å². The van der Waals surface area contributed by atoms with Crippen LogP contribution in [-0.4, -0.2) is 29.4 Å². The quantitative estimate of drug-likeness (QED) is 0.729. The average molecular weight is 253 g/mol. The van der Waals surface area contributed by atoms with Gasteiger partial charge in [-0.15, -0.1) is 0 Å². The summed E-state index contributed by atoms with van der Waals surface area (Å²) in [6.07, 6.45) is 7.00. The molecule has 0 bridgehead atoms. The molecule has 17 heavy (non-hydrogen) atoms. The number of nitrogens with one attached hydrogen (secondary N) is 1. The summed E-state index contributed by atoms with van der Waals surface area (Å²) in [5.74, 6) is 1.03. The Balaban J connectivity index is 2.21. The number of hydrogen-bond donors (Lipinski definition) is 2. The maximum Gasteiger partial charge on any atom is 0.269 e. The predicted molar refractivity (Wildman–Crippen MR) is 73.2 cm³/mol. The van der Waals surface area contributed by atoms with Gasteiger partial charge in [-0.3, -0.25) is 9.78 Å². The zero-order chi connectivity index (χ0) is 12.5. The Morgan fingerprint density at radius 3 is 3.00 bits per heavy atom. The number of rotatable bonds is 7. The minimum absolute atomic E-state index is 0.151. The number of carbonyl (C=O) groups excluding carboxylic acids is 1. The van der Waals surface area contributed by atoms with Crippen molar-refractivity contribution in [2.24, 2.45) is 0 Å². The van der Waals surface area contributed by atoms with Gasteiger partial charge in [-0.1, -0.05) is 6.42 Å². The van der Waals surface area contributed by atoms with Crippen molar-refractivity contribution in [3.8, 4) is 0 Å². The number of nitrogens with zero attached hydrogens (tertiary/aromatic N) is 1. The van der Waals surface area contributed by atoms with Crippen LogP contribution < -0.4 is 11.1 Å². The summed E-state index contributed by atoms with van der Waals surface area (Å²) in [6, 6.07) is 3.25. The molecule has 0 saturated carbocycles. The topological polar surface area (TPSA) is 68.0 Å². The summed E-state index contributed by atoms with van der Waals surface area (Å²) in [4.78, 5) is 15.6. The lowest BCUT2D eigenvalue weighted by molar-refractivity contribution is 0.0948. The smallest absolute Gasteiger partial charge is 0.269 e. The largest absolute Gasteiger partial charge is 0.399 e. The molecule has 3 N–H and O–H groups in total. The number of anilines is 1. The van der Waals surface area contributed by atoms with E-state index in [1.165, 1.54) is 12.2 Å². The van der Waals surface area contributed by atoms with Crippen molar-refractivity contribution >= 4 is 23.4 Å². The highest BCUT2D eigenvalue weighted by Gasteiger charge is 2.05. The third-order valence-corrected chi connectivity index (χ3v) is 3.02. The van der Waals surface area contributed by atoms with Crippen LogP contribution in [-0.2, 0) is 0 Å². The molecule has 4 nitrogen and oxygen atoms in total. The number of nitrogen functional groups attached to an aromatic ring is 1. The fourth-order valence-electron chi connectivity index (χ4n) is 1.41. The summed E-state index contributed by atoms with van der Waals surface area (Å²) in [5, 5.41) is 2.84. The predicted octanol–water partition coefficient (Wildman–Crippen LogP) is 1.93. The van der Waals surface area contributed by atoms with Gasteiger partial charge in [0.1, 0.15) is 5.69 Å². The minimum Gasteiger partial charge on any atom is -0.399 e. The molecule has 0 radical (unpaired) electrons. The molecule has 0 aromatic carbocycles. The van der Waals surface area contributed by atoms with Crippen LogP contribution in [0.4, 0.5) is 5.69 Å². The van der Waals surface area contributed by atoms with Crippen LogP contribution in [0.3, 0.4) is 0 Å². The lowest BCUT2D eigenvalue weighted by Gasteiger charge is -2.04. The van der Waals surface area contributed by atoms with E-state index in [9.17, 15) is 4.79 Å². The second-order valence-corrected chi connectivity index (χ2v) is 4.77. The van der Waals surface area contributed by atoms with E-state index in [0.717, 1.165) is 12.8 Å². The van der Waals surface area contributed by atoms with E-state index in [-0.39, 0.29) is 5.91 Å². The number of hydrogen-bond acceptors (Lipinski definition) is 4. The molecule has 0 aliphatic heterocycles. The second-order valence-electron chi connectivity index (χ2n) is 3.78. The van der Waals surface area contributed by atoms with Crippen molar-refractivity contribution in [3.05, 3.63) is 24.0 Å². The number of aromatic nitrogens is 1. The Kier molecular flexibility index (Phi) is 6.47. The van der Waals surface area contributed by atoms with Crippen LogP contribution in [0.1, 0.15) is 29.8 Å². The van der Waals surface area contributed by atoms with Crippen molar-refractivity contribution < 1.29 is 4.79 Å². The van der Waals surface area contributed by atoms with Gasteiger partial charge in [-0.05, 0) is 37.0 Å². The van der Waals surface area contributed by atoms with Crippen molar-refractivity contribution in [3.63, 3.8) is 0 Å². The van der Waals surface area contributed by atoms with Crippen molar-refractivity contribution in [2.75, 3.05) is 24.3 Å². The second kappa shape index (κ2) is 7.95. The average Bonchev–Trinajstić information content (AvgIpc) is 2.33. The van der Waals surface area contributed by atoms with Gasteiger partial charge in [0.25, 0.3) is 5.91 Å². The summed E-state index contributed by atoms with van der Waals surface area (Å²) in [6.45, 7) is 0.698. The standard InChI is InChI=1S/C12H19N3OS/c1-17-8-4-2-3-6-15-12(16)11-9-10(13)5-7-14-11/h5,7,9H,2-4,6,8H2,1H3,(H2,13,14)(H,15,16). The highest BCUT2D eigenvalue weighted by atomic mass is 32.2. The third-order valence-electron chi connectivity index (χ3n) is 2.33. The molecule has 0 atom stereocenters. The lowest BCUT2D eigenvalue weighted by Crippen LogP contribution is -2.25. The monoisotopic (exact) mass is 253 g/mol. The van der Waals surface area contributed by atoms with E-state index in [1.807, 2.05) is 11.8 Å². The maximum atomic E-state index is 11.7. The molecule has 0 fully saturated rings. The van der Waals surface area contributed by atoms with Gasteiger partial charge in [-0.25, -0.2) is 0 Å². The Labute approximate surface area is 106 Å². The first-order valence-electron chi connectivity index (χ1n) is 5.72. The molecular weight excluding hydrogens is 234 g/mol. The SMILES string of the molecule is CSCCCCCNC(=O)c1cc(N)ccn1. The normalized spacial score (nSPS) is 10.2. The molecule has 1 aromatic rings. The number of thioether (sulfide) groups is 1. The van der Waals surface area contributed by atoms with Gasteiger partial charge in [0.2, 0.25) is 0 Å². The molecule has 1 aromatic heterocycles. The highest BCUT2D eigenvalue weighted by molar-refractivity contribution is 7.98. The molecule has 0 aliphatic rings. The van der Waals surface area contributed by atoms with Crippen molar-refractivity contribution in [1.82, 2.24) is 10.3 Å². The first kappa shape index (κ1) is 13.8. The van der Waals surface area contributed by atoms with Crippen molar-refractivity contribution in [1.29, 1.82) is 0 Å². The Morgan fingerprint density at radius 2 is 2.29 bits per heavy atom. The Bertz CT molecular complexity index is 357. The molecule has 0 unspecified atom stereocenters. The highest BCUT2D eigenvalue weighted by Crippen LogP contribution is 2.03. The lowest BCUT2D eigenvalue weighted by atomic mass is 10.2. The fraction of sp³-hybridized carbons (Fsp3) is 0.500. The fourth-order valence-corrected chi connectivity index (χ4v) is 1.90. The van der Waals surface area contributed by atoms with Gasteiger partial charge < -0.3 is 11.1 Å². The summed E-state index contributed by atoms with van der Waals surface area (Å²) >= 11 is 1.85. The molecule has 0 spiro atoms. The minimum atomic E-state index is -0.151. The zero-order valence-electron chi connectivity index (χ0n) is 10.1. The van der Waals surface area contributed by atoms with E-state index in [0.29, 0.717) is 17.9 Å². The zero-order valence-corrected chi connectivity index (χ0v) is 10.9. The molecule has 0 aliphatic carbocycles. The number of nitrogens with two attached hydrogens (primary N) is 1. The summed E-state index contributed by atoms with van der Waals surface area (Å²) < 4.78 is 0. The maximum absolute atomic E-state index is 11.7. The van der Waals surface area contributed by atoms with Gasteiger partial charge in [0.05, 0.1) is 0 Å². The summed E-state index contributed by atoms with van der Waals surface area (Å²) in [7, 11) is 0. The molecule has 0 saturated heterocycles. The van der Waals surface area contributed by atoms with E-state index in [2.05, 4.69) is 16.6 Å². The van der Waals surface area contributed by atoms with E-state index in [4.69, 9.17) is 5.73 Å². The molecule has 94 valence electrons. The molecular formula is C12H19N3OS. The Hall–Kier alpha value is -1.23. The molecule has 1 amide bonds. The summed E-state index contributed by atoms with van der Waals surface area (Å²) in [5.41, 5.74) is 6.53. The van der Waals surface area contributed by atoms with Gasteiger partial charge in [0.15, 0.2) is 0 Å². The van der Waals surface area contributed by atoms with E-state index in [1.54, 1.807) is 18.3 Å². The van der Waals surface area contributed by atoms with Gasteiger partial charge >= 0.3 is 0 Å². The van der Waals surface area contributed by atoms with Crippen LogP contribution >= 0.6 is 11.8 Å². The molecule has 5 heteroatoms. The van der Waals surface area contributed by atoms with E-state index >= 15 is 0 Å². The van der Waals surface area contributed by atoms with Crippen LogP contribution in [0.5, 0.6) is 0 Å².